The van der Waals surface area contributed by atoms with Gasteiger partial charge in [-0.05, 0) is 61.6 Å². The molecule has 1 saturated carbocycles. The molecule has 2 aliphatic rings. The smallest absolute Gasteiger partial charge is 0.189 e. The van der Waals surface area contributed by atoms with Gasteiger partial charge in [0, 0.05) is 31.4 Å². The van der Waals surface area contributed by atoms with Crippen LogP contribution in [0.2, 0.25) is 0 Å². The number of morpholine rings is 1. The molecule has 1 aliphatic heterocycles. The maximum Gasteiger partial charge on any atom is 0.189 e. The van der Waals surface area contributed by atoms with Crippen LogP contribution in [0.4, 0.5) is 22.5 Å². The van der Waals surface area contributed by atoms with E-state index in [9.17, 15) is 5.11 Å². The van der Waals surface area contributed by atoms with Crippen molar-refractivity contribution in [1.82, 2.24) is 14.9 Å². The minimum atomic E-state index is -0.168. The van der Waals surface area contributed by atoms with E-state index in [0.29, 0.717) is 6.04 Å². The summed E-state index contributed by atoms with van der Waals surface area (Å²) >= 11 is 1.57. The number of thiazole rings is 1. The summed E-state index contributed by atoms with van der Waals surface area (Å²) in [4.78, 5) is 11.9. The van der Waals surface area contributed by atoms with Crippen LogP contribution in [0.15, 0.2) is 30.3 Å². The van der Waals surface area contributed by atoms with Gasteiger partial charge in [0.05, 0.1) is 29.5 Å². The van der Waals surface area contributed by atoms with Crippen LogP contribution in [0.3, 0.4) is 0 Å². The number of hydrogen-bond donors (Lipinski definition) is 4. The average molecular weight is 455 g/mol. The van der Waals surface area contributed by atoms with Crippen LogP contribution in [0, 0.1) is 0 Å². The summed E-state index contributed by atoms with van der Waals surface area (Å²) in [5.41, 5.74) is 8.79. The number of benzene rings is 1. The lowest BCUT2D eigenvalue weighted by Gasteiger charge is -2.28. The number of fused-ring (bicyclic) bond motifs is 1. The van der Waals surface area contributed by atoms with E-state index >= 15 is 0 Å². The van der Waals surface area contributed by atoms with Crippen LogP contribution in [-0.2, 0) is 11.3 Å². The summed E-state index contributed by atoms with van der Waals surface area (Å²) in [5.74, 6) is 1.64. The molecule has 0 amide bonds. The molecule has 3 heterocycles. The van der Waals surface area contributed by atoms with Gasteiger partial charge in [-0.25, -0.2) is 9.97 Å². The largest absolute Gasteiger partial charge is 0.399 e. The van der Waals surface area contributed by atoms with Crippen molar-refractivity contribution in [1.29, 1.82) is 0 Å². The summed E-state index contributed by atoms with van der Waals surface area (Å²) in [6.45, 7) is 4.29. The van der Waals surface area contributed by atoms with E-state index in [2.05, 4.69) is 32.7 Å². The van der Waals surface area contributed by atoms with Crippen molar-refractivity contribution in [3.8, 4) is 0 Å². The minimum absolute atomic E-state index is 0.168. The highest BCUT2D eigenvalue weighted by Crippen LogP contribution is 2.30. The van der Waals surface area contributed by atoms with Gasteiger partial charge in [-0.15, -0.1) is 0 Å². The van der Waals surface area contributed by atoms with E-state index in [1.807, 2.05) is 18.2 Å². The third kappa shape index (κ3) is 5.29. The van der Waals surface area contributed by atoms with Gasteiger partial charge in [0.2, 0.25) is 0 Å². The van der Waals surface area contributed by atoms with Gasteiger partial charge in [0.25, 0.3) is 0 Å². The van der Waals surface area contributed by atoms with Crippen molar-refractivity contribution in [3.63, 3.8) is 0 Å². The van der Waals surface area contributed by atoms with E-state index in [-0.39, 0.29) is 6.10 Å². The highest BCUT2D eigenvalue weighted by atomic mass is 32.1. The maximum absolute atomic E-state index is 9.82. The zero-order chi connectivity index (χ0) is 21.9. The van der Waals surface area contributed by atoms with E-state index in [0.717, 1.165) is 91.2 Å². The Hall–Kier alpha value is -2.46. The van der Waals surface area contributed by atoms with Crippen LogP contribution in [0.5, 0.6) is 0 Å². The van der Waals surface area contributed by atoms with Crippen LogP contribution in [-0.4, -0.2) is 58.4 Å². The molecular formula is C23H30N6O2S. The standard InChI is InChI=1S/C23H30N6O2S/c24-16-1-6-19-20(13-16)32-23(26-19)28-22-12-15(14-29-7-9-31-10-8-29)11-21(27-22)25-17-2-4-18(30)5-3-17/h1,6,11-13,17-18,30H,2-5,7-10,14,24H2,(H2,25,26,27,28). The van der Waals surface area contributed by atoms with Gasteiger partial charge in [-0.2, -0.15) is 0 Å². The third-order valence-electron chi connectivity index (χ3n) is 6.09. The fourth-order valence-electron chi connectivity index (χ4n) is 4.37. The zero-order valence-corrected chi connectivity index (χ0v) is 18.9. The molecule has 2 fully saturated rings. The predicted octanol–water partition coefficient (Wildman–Crippen LogP) is 3.56. The lowest BCUT2D eigenvalue weighted by Crippen LogP contribution is -2.35. The Labute approximate surface area is 191 Å². The van der Waals surface area contributed by atoms with Gasteiger partial charge >= 0.3 is 0 Å². The molecule has 8 nitrogen and oxygen atoms in total. The fraction of sp³-hybridized carbons (Fsp3) is 0.478. The van der Waals surface area contributed by atoms with Crippen molar-refractivity contribution in [3.05, 3.63) is 35.9 Å². The first-order valence-electron chi connectivity index (χ1n) is 11.3. The number of nitrogens with one attached hydrogen (secondary N) is 2. The predicted molar refractivity (Wildman–Crippen MR) is 130 cm³/mol. The Morgan fingerprint density at radius 2 is 1.84 bits per heavy atom. The quantitative estimate of drug-likeness (QED) is 0.419. The number of nitrogen functional groups attached to an aromatic ring is 1. The number of anilines is 4. The molecule has 3 aromatic rings. The summed E-state index contributed by atoms with van der Waals surface area (Å²) in [5, 5.41) is 17.6. The van der Waals surface area contributed by atoms with Gasteiger partial charge < -0.3 is 26.2 Å². The average Bonchev–Trinajstić information content (AvgIpc) is 3.17. The van der Waals surface area contributed by atoms with Crippen LogP contribution in [0.1, 0.15) is 31.2 Å². The number of aliphatic hydroxyl groups excluding tert-OH is 1. The van der Waals surface area contributed by atoms with Gasteiger partial charge in [-0.3, -0.25) is 4.90 Å². The van der Waals surface area contributed by atoms with Crippen molar-refractivity contribution in [2.45, 2.75) is 44.4 Å². The lowest BCUT2D eigenvalue weighted by molar-refractivity contribution is 0.0342. The Kier molecular flexibility index (Phi) is 6.40. The number of nitrogens with zero attached hydrogens (tertiary/aromatic N) is 3. The number of nitrogens with two attached hydrogens (primary N) is 1. The van der Waals surface area contributed by atoms with Crippen LogP contribution >= 0.6 is 11.3 Å². The highest BCUT2D eigenvalue weighted by molar-refractivity contribution is 7.22. The van der Waals surface area contributed by atoms with Crippen LogP contribution < -0.4 is 16.4 Å². The highest BCUT2D eigenvalue weighted by Gasteiger charge is 2.20. The van der Waals surface area contributed by atoms with E-state index < -0.39 is 0 Å². The van der Waals surface area contributed by atoms with Gasteiger partial charge in [0.15, 0.2) is 5.13 Å². The Bertz CT molecular complexity index is 1060. The Morgan fingerprint density at radius 3 is 2.66 bits per heavy atom. The molecule has 1 saturated heterocycles. The van der Waals surface area contributed by atoms with Crippen molar-refractivity contribution >= 4 is 44.0 Å². The molecule has 0 unspecified atom stereocenters. The summed E-state index contributed by atoms with van der Waals surface area (Å²) in [7, 11) is 0. The van der Waals surface area contributed by atoms with E-state index in [4.69, 9.17) is 15.5 Å². The summed E-state index contributed by atoms with van der Waals surface area (Å²) in [6, 6.07) is 10.3. The normalized spacial score (nSPS) is 22.2. The number of hydrogen-bond acceptors (Lipinski definition) is 9. The van der Waals surface area contributed by atoms with Crippen LogP contribution in [0.25, 0.3) is 10.2 Å². The zero-order valence-electron chi connectivity index (χ0n) is 18.1. The number of rotatable bonds is 6. The maximum atomic E-state index is 9.82. The first-order chi connectivity index (χ1) is 15.6. The SMILES string of the molecule is Nc1ccc2nc(Nc3cc(CN4CCOCC4)cc(NC4CCC(O)CC4)n3)sc2c1. The Balaban J connectivity index is 1.38. The molecule has 32 heavy (non-hydrogen) atoms. The molecule has 5 rings (SSSR count). The fourth-order valence-corrected chi connectivity index (χ4v) is 5.29. The molecule has 5 N–H and O–H groups in total. The number of pyridine rings is 1. The molecule has 0 bridgehead atoms. The number of ether oxygens (including phenoxy) is 1. The lowest BCUT2D eigenvalue weighted by atomic mass is 9.93. The molecular weight excluding hydrogens is 424 g/mol. The topological polar surface area (TPSA) is 109 Å². The second-order valence-corrected chi connectivity index (χ2v) is 9.69. The van der Waals surface area contributed by atoms with Crippen molar-refractivity contribution < 1.29 is 9.84 Å². The van der Waals surface area contributed by atoms with Crippen molar-refractivity contribution in [2.75, 3.05) is 42.7 Å². The molecule has 2 aromatic heterocycles. The molecule has 170 valence electrons. The monoisotopic (exact) mass is 454 g/mol. The molecule has 0 atom stereocenters. The van der Waals surface area contributed by atoms with E-state index in [1.165, 1.54) is 5.56 Å². The van der Waals surface area contributed by atoms with Gasteiger partial charge in [-0.1, -0.05) is 11.3 Å². The second-order valence-electron chi connectivity index (χ2n) is 8.66. The van der Waals surface area contributed by atoms with Crippen molar-refractivity contribution in [2.24, 2.45) is 0 Å². The molecule has 0 radical (unpaired) electrons. The first-order valence-corrected chi connectivity index (χ1v) is 12.1. The molecule has 1 aliphatic carbocycles. The second kappa shape index (κ2) is 9.58. The summed E-state index contributed by atoms with van der Waals surface area (Å²) in [6.07, 6.45) is 3.42. The summed E-state index contributed by atoms with van der Waals surface area (Å²) < 4.78 is 6.55. The van der Waals surface area contributed by atoms with Gasteiger partial charge in [0.1, 0.15) is 11.6 Å². The molecule has 9 heteroatoms. The molecule has 0 spiro atoms. The first kappa shape index (κ1) is 21.4. The Morgan fingerprint density at radius 1 is 1.06 bits per heavy atom. The van der Waals surface area contributed by atoms with E-state index in [1.54, 1.807) is 11.3 Å². The number of aliphatic hydroxyl groups is 1. The molecule has 1 aromatic carbocycles. The number of aromatic nitrogens is 2. The third-order valence-corrected chi connectivity index (χ3v) is 7.02. The minimum Gasteiger partial charge on any atom is -0.399 e.